The number of hydrogen-bond acceptors (Lipinski definition) is 2. The number of fused-ring (bicyclic) bond motifs is 1. The van der Waals surface area contributed by atoms with Gasteiger partial charge in [0.25, 0.3) is 0 Å². The molecule has 0 amide bonds. The number of aliphatic hydroxyl groups is 1. The predicted octanol–water partition coefficient (Wildman–Crippen LogP) is 1.27. The van der Waals surface area contributed by atoms with Crippen molar-refractivity contribution in [3.8, 4) is 0 Å². The van der Waals surface area contributed by atoms with Gasteiger partial charge < -0.3 is 10.8 Å². The number of nitrogens with two attached hydrogens (primary N) is 1. The van der Waals surface area contributed by atoms with Crippen LogP contribution in [0.1, 0.15) is 39.0 Å². The van der Waals surface area contributed by atoms with E-state index in [1.54, 1.807) is 0 Å². The Morgan fingerprint density at radius 3 is 2.79 bits per heavy atom. The molecular formula is C12H19NO. The van der Waals surface area contributed by atoms with Crippen molar-refractivity contribution in [2.75, 3.05) is 0 Å². The molecule has 4 rings (SSSR count). The van der Waals surface area contributed by atoms with Crippen LogP contribution in [0, 0.1) is 23.2 Å². The van der Waals surface area contributed by atoms with Crippen LogP contribution in [-0.2, 0) is 0 Å². The van der Waals surface area contributed by atoms with Crippen LogP contribution in [0.4, 0.5) is 0 Å². The molecule has 78 valence electrons. The minimum Gasteiger partial charge on any atom is -0.390 e. The summed E-state index contributed by atoms with van der Waals surface area (Å²) in [4.78, 5) is 0. The molecule has 4 aliphatic carbocycles. The van der Waals surface area contributed by atoms with E-state index >= 15 is 0 Å². The second-order valence-electron chi connectivity index (χ2n) is 6.84. The minimum absolute atomic E-state index is 0.0706. The molecule has 0 saturated heterocycles. The lowest BCUT2D eigenvalue weighted by Crippen LogP contribution is -2.56. The van der Waals surface area contributed by atoms with Crippen molar-refractivity contribution in [1.29, 1.82) is 0 Å². The molecular weight excluding hydrogens is 174 g/mol. The zero-order chi connectivity index (χ0) is 9.77. The fourth-order valence-electron chi connectivity index (χ4n) is 5.52. The fraction of sp³-hybridized carbons (Fsp3) is 1.00. The molecule has 0 aromatic heterocycles. The highest BCUT2D eigenvalue weighted by Gasteiger charge is 2.79. The molecule has 14 heavy (non-hydrogen) atoms. The van der Waals surface area contributed by atoms with Gasteiger partial charge in [-0.05, 0) is 62.2 Å². The van der Waals surface area contributed by atoms with Gasteiger partial charge in [0.15, 0.2) is 0 Å². The van der Waals surface area contributed by atoms with E-state index < -0.39 is 0 Å². The zero-order valence-electron chi connectivity index (χ0n) is 8.79. The topological polar surface area (TPSA) is 46.2 Å². The Kier molecular flexibility index (Phi) is 1.04. The molecule has 0 aliphatic heterocycles. The van der Waals surface area contributed by atoms with Crippen molar-refractivity contribution in [1.82, 2.24) is 0 Å². The zero-order valence-corrected chi connectivity index (χ0v) is 8.79. The standard InChI is InChI=1S/C12H19NO/c1-10(13)3-7-2-8-11(5-9(10)11)6-12(8,14)4-7/h7-9,14H,2-6,13H2,1H3. The first-order valence-corrected chi connectivity index (χ1v) is 5.98. The van der Waals surface area contributed by atoms with E-state index in [9.17, 15) is 5.11 Å². The first-order chi connectivity index (χ1) is 6.46. The van der Waals surface area contributed by atoms with Crippen molar-refractivity contribution in [2.45, 2.75) is 50.2 Å². The first-order valence-electron chi connectivity index (χ1n) is 5.98. The van der Waals surface area contributed by atoms with Gasteiger partial charge in [0, 0.05) is 5.54 Å². The molecule has 4 saturated carbocycles. The van der Waals surface area contributed by atoms with Gasteiger partial charge in [-0.1, -0.05) is 0 Å². The van der Waals surface area contributed by atoms with Crippen molar-refractivity contribution >= 4 is 0 Å². The molecule has 0 aromatic rings. The van der Waals surface area contributed by atoms with Gasteiger partial charge in [0.05, 0.1) is 5.60 Å². The van der Waals surface area contributed by atoms with E-state index in [-0.39, 0.29) is 11.1 Å². The summed E-state index contributed by atoms with van der Waals surface area (Å²) in [5.41, 5.74) is 6.74. The second kappa shape index (κ2) is 1.80. The summed E-state index contributed by atoms with van der Waals surface area (Å²) < 4.78 is 0. The molecule has 0 aromatic carbocycles. The summed E-state index contributed by atoms with van der Waals surface area (Å²) in [5, 5.41) is 10.4. The van der Waals surface area contributed by atoms with Crippen LogP contribution in [0.15, 0.2) is 0 Å². The Balaban J connectivity index is 1.80. The van der Waals surface area contributed by atoms with E-state index in [4.69, 9.17) is 5.73 Å². The molecule has 6 atom stereocenters. The highest BCUT2D eigenvalue weighted by atomic mass is 16.3. The third kappa shape index (κ3) is 0.646. The summed E-state index contributed by atoms with van der Waals surface area (Å²) >= 11 is 0. The van der Waals surface area contributed by atoms with E-state index in [0.717, 1.165) is 25.2 Å². The molecule has 2 bridgehead atoms. The lowest BCUT2D eigenvalue weighted by molar-refractivity contribution is -0.142. The summed E-state index contributed by atoms with van der Waals surface area (Å²) in [6, 6.07) is 0. The molecule has 0 heterocycles. The van der Waals surface area contributed by atoms with E-state index in [2.05, 4.69) is 6.92 Å². The van der Waals surface area contributed by atoms with Crippen molar-refractivity contribution < 1.29 is 5.11 Å². The van der Waals surface area contributed by atoms with Crippen molar-refractivity contribution in [3.63, 3.8) is 0 Å². The fourth-order valence-corrected chi connectivity index (χ4v) is 5.52. The lowest BCUT2D eigenvalue weighted by Gasteiger charge is -2.51. The molecule has 1 spiro atoms. The van der Waals surface area contributed by atoms with Gasteiger partial charge in [-0.15, -0.1) is 0 Å². The number of hydrogen-bond donors (Lipinski definition) is 2. The summed E-state index contributed by atoms with van der Waals surface area (Å²) in [6.45, 7) is 2.24. The quantitative estimate of drug-likeness (QED) is 0.608. The summed E-state index contributed by atoms with van der Waals surface area (Å²) in [6.07, 6.45) is 5.83. The Morgan fingerprint density at radius 2 is 2.00 bits per heavy atom. The monoisotopic (exact) mass is 193 g/mol. The smallest absolute Gasteiger partial charge is 0.0689 e. The largest absolute Gasteiger partial charge is 0.390 e. The van der Waals surface area contributed by atoms with Gasteiger partial charge in [0.1, 0.15) is 0 Å². The Labute approximate surface area is 84.9 Å². The Morgan fingerprint density at radius 1 is 1.21 bits per heavy atom. The maximum absolute atomic E-state index is 10.4. The minimum atomic E-state index is -0.254. The maximum atomic E-state index is 10.4. The SMILES string of the molecule is CC1(N)CC2CC3C(O)(C2)CC32CC12. The van der Waals surface area contributed by atoms with Crippen LogP contribution >= 0.6 is 0 Å². The molecule has 4 aliphatic rings. The van der Waals surface area contributed by atoms with E-state index in [1.165, 1.54) is 12.8 Å². The molecule has 2 nitrogen and oxygen atoms in total. The van der Waals surface area contributed by atoms with Gasteiger partial charge in [0.2, 0.25) is 0 Å². The first kappa shape index (κ1) is 8.12. The average Bonchev–Trinajstić information content (AvgIpc) is 2.70. The summed E-state index contributed by atoms with van der Waals surface area (Å²) in [7, 11) is 0. The third-order valence-corrected chi connectivity index (χ3v) is 5.83. The highest BCUT2D eigenvalue weighted by molar-refractivity contribution is 5.30. The van der Waals surface area contributed by atoms with Crippen LogP contribution in [-0.4, -0.2) is 16.2 Å². The average molecular weight is 193 g/mol. The predicted molar refractivity (Wildman–Crippen MR) is 53.5 cm³/mol. The van der Waals surface area contributed by atoms with Gasteiger partial charge >= 0.3 is 0 Å². The normalized spacial score (nSPS) is 73.5. The van der Waals surface area contributed by atoms with Crippen LogP contribution in [0.2, 0.25) is 0 Å². The van der Waals surface area contributed by atoms with Gasteiger partial charge in [-0.3, -0.25) is 0 Å². The number of rotatable bonds is 0. The third-order valence-electron chi connectivity index (χ3n) is 5.83. The van der Waals surface area contributed by atoms with Crippen LogP contribution in [0.25, 0.3) is 0 Å². The van der Waals surface area contributed by atoms with Gasteiger partial charge in [-0.2, -0.15) is 0 Å². The molecule has 3 N–H and O–H groups in total. The maximum Gasteiger partial charge on any atom is 0.0689 e. The lowest BCUT2D eigenvalue weighted by atomic mass is 9.57. The van der Waals surface area contributed by atoms with Crippen molar-refractivity contribution in [2.24, 2.45) is 28.9 Å². The van der Waals surface area contributed by atoms with Crippen LogP contribution < -0.4 is 5.73 Å². The molecule has 2 heteroatoms. The molecule has 0 radical (unpaired) electrons. The van der Waals surface area contributed by atoms with Crippen LogP contribution in [0.3, 0.4) is 0 Å². The van der Waals surface area contributed by atoms with Crippen LogP contribution in [0.5, 0.6) is 0 Å². The summed E-state index contributed by atoms with van der Waals surface area (Å²) in [5.74, 6) is 2.06. The molecule has 6 unspecified atom stereocenters. The van der Waals surface area contributed by atoms with Gasteiger partial charge in [-0.25, -0.2) is 0 Å². The van der Waals surface area contributed by atoms with E-state index in [0.29, 0.717) is 17.3 Å². The Hall–Kier alpha value is -0.0800. The molecule has 4 fully saturated rings. The van der Waals surface area contributed by atoms with E-state index in [1.807, 2.05) is 0 Å². The highest BCUT2D eigenvalue weighted by Crippen LogP contribution is 2.81. The van der Waals surface area contributed by atoms with Crippen molar-refractivity contribution in [3.05, 3.63) is 0 Å². The second-order valence-corrected chi connectivity index (χ2v) is 6.84. The Bertz CT molecular complexity index is 326.